The second kappa shape index (κ2) is 5.79. The lowest BCUT2D eigenvalue weighted by Crippen LogP contribution is -2.17. The molecule has 0 saturated heterocycles. The Hall–Kier alpha value is -0.980. The molecule has 3 nitrogen and oxygen atoms in total. The molecule has 0 bridgehead atoms. The van der Waals surface area contributed by atoms with E-state index in [-0.39, 0.29) is 10.6 Å². The monoisotopic (exact) mass is 363 g/mol. The average molecular weight is 365 g/mol. The summed E-state index contributed by atoms with van der Waals surface area (Å²) >= 11 is 8.95. The predicted octanol–water partition coefficient (Wildman–Crippen LogP) is 3.67. The highest BCUT2D eigenvalue weighted by Crippen LogP contribution is 2.28. The van der Waals surface area contributed by atoms with Gasteiger partial charge < -0.3 is 5.73 Å². The first-order valence-electron chi connectivity index (χ1n) is 5.89. The standard InChI is InChI=1S/C13H13BrClF2N3/c1-6-13(14)12(20(2)19-6)5-11(18)7-3-10(17)8(15)4-9(7)16/h3-4,11H,5,18H2,1-2H3. The van der Waals surface area contributed by atoms with Gasteiger partial charge in [0, 0.05) is 25.1 Å². The zero-order valence-electron chi connectivity index (χ0n) is 10.9. The Kier molecular flexibility index (Phi) is 4.46. The fraction of sp³-hybridized carbons (Fsp3) is 0.308. The minimum atomic E-state index is -0.687. The molecule has 0 aliphatic heterocycles. The van der Waals surface area contributed by atoms with Gasteiger partial charge in [-0.3, -0.25) is 4.68 Å². The minimum absolute atomic E-state index is 0.0950. The molecule has 2 rings (SSSR count). The molecular formula is C13H13BrClF2N3. The number of aryl methyl sites for hydroxylation is 2. The van der Waals surface area contributed by atoms with Crippen LogP contribution in [-0.4, -0.2) is 9.78 Å². The van der Waals surface area contributed by atoms with Gasteiger partial charge in [0.1, 0.15) is 11.6 Å². The van der Waals surface area contributed by atoms with Crippen LogP contribution in [0.1, 0.15) is 23.0 Å². The molecule has 0 aliphatic rings. The van der Waals surface area contributed by atoms with Gasteiger partial charge in [0.15, 0.2) is 0 Å². The highest BCUT2D eigenvalue weighted by Gasteiger charge is 2.19. The maximum atomic E-state index is 13.8. The van der Waals surface area contributed by atoms with E-state index >= 15 is 0 Å². The summed E-state index contributed by atoms with van der Waals surface area (Å²) in [7, 11) is 1.78. The summed E-state index contributed by atoms with van der Waals surface area (Å²) in [5.74, 6) is -1.29. The van der Waals surface area contributed by atoms with Crippen molar-refractivity contribution in [1.82, 2.24) is 9.78 Å². The molecule has 0 spiro atoms. The number of hydrogen-bond donors (Lipinski definition) is 1. The molecule has 0 saturated carbocycles. The first-order chi connectivity index (χ1) is 9.31. The lowest BCUT2D eigenvalue weighted by atomic mass is 10.0. The molecule has 0 radical (unpaired) electrons. The normalized spacial score (nSPS) is 12.8. The van der Waals surface area contributed by atoms with E-state index in [1.165, 1.54) is 0 Å². The smallest absolute Gasteiger partial charge is 0.142 e. The molecule has 0 fully saturated rings. The van der Waals surface area contributed by atoms with Gasteiger partial charge in [-0.1, -0.05) is 11.6 Å². The summed E-state index contributed by atoms with van der Waals surface area (Å²) < 4.78 is 29.8. The molecule has 7 heteroatoms. The molecular weight excluding hydrogens is 352 g/mol. The molecule has 1 atom stereocenters. The summed E-state index contributed by atoms with van der Waals surface area (Å²) in [4.78, 5) is 0. The number of rotatable bonds is 3. The molecule has 1 aromatic carbocycles. The molecule has 2 N–H and O–H groups in total. The first kappa shape index (κ1) is 15.4. The molecule has 0 amide bonds. The second-order valence-corrected chi connectivity index (χ2v) is 5.77. The van der Waals surface area contributed by atoms with Gasteiger partial charge in [0.2, 0.25) is 0 Å². The molecule has 0 aliphatic carbocycles. The second-order valence-electron chi connectivity index (χ2n) is 4.57. The quantitative estimate of drug-likeness (QED) is 0.845. The van der Waals surface area contributed by atoms with Gasteiger partial charge in [-0.25, -0.2) is 8.78 Å². The summed E-state index contributed by atoms with van der Waals surface area (Å²) in [5.41, 5.74) is 7.72. The Balaban J connectivity index is 2.33. The van der Waals surface area contributed by atoms with E-state index in [9.17, 15) is 8.78 Å². The molecule has 20 heavy (non-hydrogen) atoms. The Labute approximate surface area is 128 Å². The van der Waals surface area contributed by atoms with Gasteiger partial charge in [-0.05, 0) is 35.0 Å². The van der Waals surface area contributed by atoms with E-state index in [0.717, 1.165) is 28.0 Å². The number of halogens is 4. The lowest BCUT2D eigenvalue weighted by Gasteiger charge is -2.14. The van der Waals surface area contributed by atoms with Crippen molar-refractivity contribution < 1.29 is 8.78 Å². The summed E-state index contributed by atoms with van der Waals surface area (Å²) in [6, 6.07) is 1.29. The van der Waals surface area contributed by atoms with E-state index in [1.54, 1.807) is 11.7 Å². The Bertz CT molecular complexity index is 658. The van der Waals surface area contributed by atoms with Crippen molar-refractivity contribution in [3.8, 4) is 0 Å². The van der Waals surface area contributed by atoms with Crippen molar-refractivity contribution in [3.63, 3.8) is 0 Å². The van der Waals surface area contributed by atoms with Crippen LogP contribution in [0.5, 0.6) is 0 Å². The number of hydrogen-bond acceptors (Lipinski definition) is 2. The molecule has 1 heterocycles. The summed E-state index contributed by atoms with van der Waals surface area (Å²) in [6.45, 7) is 1.85. The van der Waals surface area contributed by atoms with Crippen molar-refractivity contribution in [3.05, 3.63) is 50.2 Å². The van der Waals surface area contributed by atoms with Crippen LogP contribution in [0, 0.1) is 18.6 Å². The molecule has 108 valence electrons. The lowest BCUT2D eigenvalue weighted by molar-refractivity contribution is 0.553. The SMILES string of the molecule is Cc1nn(C)c(CC(N)c2cc(F)c(Cl)cc2F)c1Br. The fourth-order valence-electron chi connectivity index (χ4n) is 2.04. The minimum Gasteiger partial charge on any atom is -0.324 e. The van der Waals surface area contributed by atoms with E-state index in [0.29, 0.717) is 6.42 Å². The van der Waals surface area contributed by atoms with Crippen LogP contribution in [0.15, 0.2) is 16.6 Å². The maximum absolute atomic E-state index is 13.8. The van der Waals surface area contributed by atoms with Crippen LogP contribution < -0.4 is 5.73 Å². The van der Waals surface area contributed by atoms with Crippen LogP contribution in [-0.2, 0) is 13.5 Å². The molecule has 1 unspecified atom stereocenters. The van der Waals surface area contributed by atoms with Gasteiger partial charge in [0.25, 0.3) is 0 Å². The van der Waals surface area contributed by atoms with Gasteiger partial charge in [0.05, 0.1) is 20.9 Å². The van der Waals surface area contributed by atoms with Gasteiger partial charge in [-0.15, -0.1) is 0 Å². The van der Waals surface area contributed by atoms with Crippen LogP contribution in [0.3, 0.4) is 0 Å². The number of benzene rings is 1. The Morgan fingerprint density at radius 3 is 2.60 bits per heavy atom. The van der Waals surface area contributed by atoms with Crippen LogP contribution >= 0.6 is 27.5 Å². The maximum Gasteiger partial charge on any atom is 0.142 e. The van der Waals surface area contributed by atoms with Crippen LogP contribution in [0.25, 0.3) is 0 Å². The van der Waals surface area contributed by atoms with E-state index in [4.69, 9.17) is 17.3 Å². The third-order valence-electron chi connectivity index (χ3n) is 3.11. The van der Waals surface area contributed by atoms with Crippen molar-refractivity contribution in [2.45, 2.75) is 19.4 Å². The topological polar surface area (TPSA) is 43.8 Å². The zero-order chi connectivity index (χ0) is 15.0. The van der Waals surface area contributed by atoms with Gasteiger partial charge >= 0.3 is 0 Å². The van der Waals surface area contributed by atoms with Crippen LogP contribution in [0.2, 0.25) is 5.02 Å². The van der Waals surface area contributed by atoms with Gasteiger partial charge in [-0.2, -0.15) is 5.10 Å². The van der Waals surface area contributed by atoms with Crippen LogP contribution in [0.4, 0.5) is 8.78 Å². The predicted molar refractivity (Wildman–Crippen MR) is 77.6 cm³/mol. The van der Waals surface area contributed by atoms with Crippen molar-refractivity contribution in [2.75, 3.05) is 0 Å². The highest BCUT2D eigenvalue weighted by atomic mass is 79.9. The van der Waals surface area contributed by atoms with Crippen molar-refractivity contribution >= 4 is 27.5 Å². The average Bonchev–Trinajstić information content (AvgIpc) is 2.60. The highest BCUT2D eigenvalue weighted by molar-refractivity contribution is 9.10. The number of nitrogens with two attached hydrogens (primary N) is 1. The zero-order valence-corrected chi connectivity index (χ0v) is 13.3. The third kappa shape index (κ3) is 2.87. The largest absolute Gasteiger partial charge is 0.324 e. The fourth-order valence-corrected chi connectivity index (χ4v) is 2.69. The molecule has 1 aromatic heterocycles. The third-order valence-corrected chi connectivity index (χ3v) is 4.44. The first-order valence-corrected chi connectivity index (χ1v) is 7.06. The van der Waals surface area contributed by atoms with Crippen molar-refractivity contribution in [2.24, 2.45) is 12.8 Å². The molecule has 2 aromatic rings. The van der Waals surface area contributed by atoms with Crippen molar-refractivity contribution in [1.29, 1.82) is 0 Å². The van der Waals surface area contributed by atoms with E-state index in [1.807, 2.05) is 6.92 Å². The van der Waals surface area contributed by atoms with E-state index < -0.39 is 17.7 Å². The van der Waals surface area contributed by atoms with E-state index in [2.05, 4.69) is 21.0 Å². The summed E-state index contributed by atoms with van der Waals surface area (Å²) in [5, 5.41) is 3.98. The number of nitrogens with zero attached hydrogens (tertiary/aromatic N) is 2. The summed E-state index contributed by atoms with van der Waals surface area (Å²) in [6.07, 6.45) is 0.329. The Morgan fingerprint density at radius 2 is 2.05 bits per heavy atom. The number of aromatic nitrogens is 2. The Morgan fingerprint density at radius 1 is 1.40 bits per heavy atom.